The molecule has 0 aromatic rings. The van der Waals surface area contributed by atoms with Gasteiger partial charge in [-0.3, -0.25) is 3.11 Å². The van der Waals surface area contributed by atoms with E-state index in [0.29, 0.717) is 0 Å². The van der Waals surface area contributed by atoms with E-state index in [0.717, 1.165) is 18.5 Å². The highest BCUT2D eigenvalue weighted by Gasteiger charge is 2.50. The zero-order valence-electron chi connectivity index (χ0n) is 8.39. The number of rotatable bonds is 2. The molecule has 0 amide bonds. The molecule has 1 rings (SSSR count). The standard InChI is InChI=1S/C10H15IN2/c1-8(9(2,3)4)13(11)10(7-12)5-6-10/h1,5-6H2,2-4H3. The molecule has 0 aliphatic heterocycles. The molecule has 2 nitrogen and oxygen atoms in total. The lowest BCUT2D eigenvalue weighted by Gasteiger charge is -2.32. The van der Waals surface area contributed by atoms with Crippen LogP contribution in [-0.4, -0.2) is 8.65 Å². The van der Waals surface area contributed by atoms with Crippen LogP contribution in [0.1, 0.15) is 33.6 Å². The maximum absolute atomic E-state index is 9.00. The Hall–Kier alpha value is -0.240. The lowest BCUT2D eigenvalue weighted by Crippen LogP contribution is -2.31. The predicted octanol–water partition coefficient (Wildman–Crippen LogP) is 3.25. The fourth-order valence-corrected chi connectivity index (χ4v) is 2.34. The highest BCUT2D eigenvalue weighted by Crippen LogP contribution is 2.48. The number of allylic oxidation sites excluding steroid dienone is 1. The Kier molecular flexibility index (Phi) is 2.63. The number of hydrogen-bond acceptors (Lipinski definition) is 2. The largest absolute Gasteiger partial charge is 0.299 e. The van der Waals surface area contributed by atoms with Crippen LogP contribution >= 0.6 is 22.9 Å². The van der Waals surface area contributed by atoms with E-state index in [1.54, 1.807) is 0 Å². The minimum Gasteiger partial charge on any atom is -0.299 e. The lowest BCUT2D eigenvalue weighted by molar-refractivity contribution is 0.373. The molecule has 0 bridgehead atoms. The number of nitrogens with zero attached hydrogens (tertiary/aromatic N) is 2. The van der Waals surface area contributed by atoms with Crippen LogP contribution in [0.25, 0.3) is 0 Å². The Morgan fingerprint density at radius 3 is 2.23 bits per heavy atom. The van der Waals surface area contributed by atoms with E-state index in [1.807, 2.05) is 3.11 Å². The van der Waals surface area contributed by atoms with Gasteiger partial charge in [-0.2, -0.15) is 5.26 Å². The molecule has 1 aliphatic carbocycles. The van der Waals surface area contributed by atoms with Crippen molar-refractivity contribution in [3.05, 3.63) is 12.3 Å². The highest BCUT2D eigenvalue weighted by atomic mass is 127. The zero-order chi connectivity index (χ0) is 10.3. The van der Waals surface area contributed by atoms with Crippen molar-refractivity contribution in [2.45, 2.75) is 39.2 Å². The van der Waals surface area contributed by atoms with Crippen molar-refractivity contribution in [2.24, 2.45) is 5.41 Å². The van der Waals surface area contributed by atoms with Crippen LogP contribution in [0.5, 0.6) is 0 Å². The summed E-state index contributed by atoms with van der Waals surface area (Å²) in [5.74, 6) is 0. The van der Waals surface area contributed by atoms with Crippen molar-refractivity contribution in [1.29, 1.82) is 5.26 Å². The van der Waals surface area contributed by atoms with Gasteiger partial charge >= 0.3 is 0 Å². The van der Waals surface area contributed by atoms with Crippen molar-refractivity contribution < 1.29 is 0 Å². The summed E-state index contributed by atoms with van der Waals surface area (Å²) in [5, 5.41) is 9.00. The molecule has 72 valence electrons. The second-order valence-corrected chi connectivity index (χ2v) is 5.59. The van der Waals surface area contributed by atoms with Crippen molar-refractivity contribution in [2.75, 3.05) is 0 Å². The molecule has 1 saturated carbocycles. The van der Waals surface area contributed by atoms with E-state index >= 15 is 0 Å². The molecular weight excluding hydrogens is 275 g/mol. The fourth-order valence-electron chi connectivity index (χ4n) is 1.02. The first-order valence-electron chi connectivity index (χ1n) is 4.40. The van der Waals surface area contributed by atoms with Gasteiger partial charge < -0.3 is 0 Å². The maximum Gasteiger partial charge on any atom is 0.136 e. The quantitative estimate of drug-likeness (QED) is 0.576. The van der Waals surface area contributed by atoms with Gasteiger partial charge in [0.15, 0.2) is 0 Å². The Balaban J connectivity index is 2.76. The number of hydrogen-bond donors (Lipinski definition) is 0. The second kappa shape index (κ2) is 3.16. The molecule has 0 unspecified atom stereocenters. The fraction of sp³-hybridized carbons (Fsp3) is 0.700. The van der Waals surface area contributed by atoms with Crippen molar-refractivity contribution in [3.63, 3.8) is 0 Å². The van der Waals surface area contributed by atoms with E-state index in [2.05, 4.69) is 56.3 Å². The smallest absolute Gasteiger partial charge is 0.136 e. The highest BCUT2D eigenvalue weighted by molar-refractivity contribution is 14.1. The summed E-state index contributed by atoms with van der Waals surface area (Å²) in [6.07, 6.45) is 1.95. The summed E-state index contributed by atoms with van der Waals surface area (Å²) in [6, 6.07) is 2.36. The SMILES string of the molecule is C=C(N(I)C1(C#N)CC1)C(C)(C)C. The monoisotopic (exact) mass is 290 g/mol. The maximum atomic E-state index is 9.00. The minimum atomic E-state index is -0.245. The molecule has 1 aliphatic rings. The summed E-state index contributed by atoms with van der Waals surface area (Å²) in [5.41, 5.74) is 0.839. The first-order valence-corrected chi connectivity index (χ1v) is 5.37. The van der Waals surface area contributed by atoms with Gasteiger partial charge in [0, 0.05) is 11.1 Å². The Morgan fingerprint density at radius 1 is 1.54 bits per heavy atom. The van der Waals surface area contributed by atoms with E-state index in [-0.39, 0.29) is 11.0 Å². The summed E-state index contributed by atoms with van der Waals surface area (Å²) in [6.45, 7) is 10.4. The molecule has 0 aromatic carbocycles. The van der Waals surface area contributed by atoms with Crippen LogP contribution in [0.4, 0.5) is 0 Å². The first-order chi connectivity index (χ1) is 5.83. The van der Waals surface area contributed by atoms with E-state index in [1.165, 1.54) is 0 Å². The summed E-state index contributed by atoms with van der Waals surface area (Å²) in [4.78, 5) is 0. The molecule has 0 saturated heterocycles. The summed E-state index contributed by atoms with van der Waals surface area (Å²) >= 11 is 2.21. The molecule has 1 fully saturated rings. The molecule has 0 spiro atoms. The average molecular weight is 290 g/mol. The second-order valence-electron chi connectivity index (χ2n) is 4.62. The normalized spacial score (nSPS) is 19.0. The Bertz CT molecular complexity index is 266. The number of nitriles is 1. The topological polar surface area (TPSA) is 27.0 Å². The molecule has 0 heterocycles. The predicted molar refractivity (Wildman–Crippen MR) is 62.0 cm³/mol. The third kappa shape index (κ3) is 1.98. The Morgan fingerprint density at radius 2 is 2.00 bits per heavy atom. The molecule has 13 heavy (non-hydrogen) atoms. The van der Waals surface area contributed by atoms with Crippen LogP contribution < -0.4 is 0 Å². The third-order valence-corrected chi connectivity index (χ3v) is 3.92. The molecule has 0 radical (unpaired) electrons. The third-order valence-electron chi connectivity index (χ3n) is 2.41. The zero-order valence-corrected chi connectivity index (χ0v) is 10.6. The summed E-state index contributed by atoms with van der Waals surface area (Å²) < 4.78 is 2.02. The number of halogens is 1. The van der Waals surface area contributed by atoms with Crippen LogP contribution in [0.2, 0.25) is 0 Å². The Labute approximate surface area is 94.1 Å². The molecule has 0 aromatic heterocycles. The van der Waals surface area contributed by atoms with Gasteiger partial charge in [-0.05, 0) is 12.8 Å². The van der Waals surface area contributed by atoms with Crippen LogP contribution in [0.3, 0.4) is 0 Å². The van der Waals surface area contributed by atoms with Crippen molar-refractivity contribution in [1.82, 2.24) is 3.11 Å². The molecule has 0 N–H and O–H groups in total. The van der Waals surface area contributed by atoms with Crippen LogP contribution in [0.15, 0.2) is 12.3 Å². The van der Waals surface area contributed by atoms with E-state index in [4.69, 9.17) is 5.26 Å². The average Bonchev–Trinajstić information content (AvgIpc) is 2.80. The van der Waals surface area contributed by atoms with E-state index < -0.39 is 0 Å². The van der Waals surface area contributed by atoms with Crippen molar-refractivity contribution >= 4 is 22.9 Å². The van der Waals surface area contributed by atoms with Gasteiger partial charge in [0.05, 0.1) is 28.9 Å². The lowest BCUT2D eigenvalue weighted by atomic mass is 9.92. The van der Waals surface area contributed by atoms with Gasteiger partial charge in [-0.15, -0.1) is 0 Å². The summed E-state index contributed by atoms with van der Waals surface area (Å²) in [7, 11) is 0. The molecular formula is C10H15IN2. The molecule has 3 heteroatoms. The minimum absolute atomic E-state index is 0.0492. The van der Waals surface area contributed by atoms with E-state index in [9.17, 15) is 0 Å². The van der Waals surface area contributed by atoms with Gasteiger partial charge in [-0.25, -0.2) is 0 Å². The van der Waals surface area contributed by atoms with Gasteiger partial charge in [-0.1, -0.05) is 27.4 Å². The van der Waals surface area contributed by atoms with Gasteiger partial charge in [0.2, 0.25) is 0 Å². The van der Waals surface area contributed by atoms with Crippen LogP contribution in [-0.2, 0) is 0 Å². The van der Waals surface area contributed by atoms with Gasteiger partial charge in [0.25, 0.3) is 0 Å². The molecule has 0 atom stereocenters. The van der Waals surface area contributed by atoms with Gasteiger partial charge in [0.1, 0.15) is 5.54 Å². The van der Waals surface area contributed by atoms with Crippen LogP contribution in [0, 0.1) is 16.7 Å². The first kappa shape index (κ1) is 10.8. The van der Waals surface area contributed by atoms with Crippen molar-refractivity contribution in [3.8, 4) is 6.07 Å².